The monoisotopic (exact) mass is 471 g/mol. The Hall–Kier alpha value is -3.27. The number of carbonyl (C=O) groups is 2. The van der Waals surface area contributed by atoms with E-state index in [0.717, 1.165) is 10.9 Å². The van der Waals surface area contributed by atoms with E-state index in [1.54, 1.807) is 30.3 Å². The molecule has 10 heteroatoms. The zero-order valence-corrected chi connectivity index (χ0v) is 18.3. The molecule has 1 saturated heterocycles. The molecule has 2 unspecified atom stereocenters. The number of amides is 2. The molecular weight excluding hydrogens is 450 g/mol. The van der Waals surface area contributed by atoms with Gasteiger partial charge in [-0.05, 0) is 30.3 Å². The fourth-order valence-electron chi connectivity index (χ4n) is 4.03. The van der Waals surface area contributed by atoms with E-state index < -0.39 is 24.0 Å². The van der Waals surface area contributed by atoms with Gasteiger partial charge >= 0.3 is 0 Å². The van der Waals surface area contributed by atoms with Crippen LogP contribution in [0.4, 0.5) is 5.69 Å². The number of hydrogen-bond donors (Lipinski definition) is 4. The standard InChI is InChI=1S/C23H22ClN3O6/c24-13-2-3-16-12(6-13)7-17(26-16)22(30)25-14-8-15(21-20(9-14)32-4-1-5-33-21)23(31)27-10-18(28)19(29)11-27/h2-3,6-9,18-19,26,28-29H,1,4-5,10-11H2,(H,25,30). The number of nitrogens with zero attached hydrogens (tertiary/aromatic N) is 1. The van der Waals surface area contributed by atoms with Gasteiger partial charge in [0.25, 0.3) is 11.8 Å². The van der Waals surface area contributed by atoms with Crippen LogP contribution in [0.2, 0.25) is 5.02 Å². The van der Waals surface area contributed by atoms with E-state index in [9.17, 15) is 19.8 Å². The van der Waals surface area contributed by atoms with E-state index in [1.807, 2.05) is 0 Å². The fourth-order valence-corrected chi connectivity index (χ4v) is 4.22. The van der Waals surface area contributed by atoms with Gasteiger partial charge in [-0.2, -0.15) is 0 Å². The number of aliphatic hydroxyl groups is 2. The van der Waals surface area contributed by atoms with Gasteiger partial charge in [-0.1, -0.05) is 11.6 Å². The van der Waals surface area contributed by atoms with Crippen LogP contribution < -0.4 is 14.8 Å². The van der Waals surface area contributed by atoms with Crippen LogP contribution in [0.25, 0.3) is 10.9 Å². The summed E-state index contributed by atoms with van der Waals surface area (Å²) in [5.41, 5.74) is 1.64. The first-order valence-electron chi connectivity index (χ1n) is 10.6. The highest BCUT2D eigenvalue weighted by Crippen LogP contribution is 2.38. The van der Waals surface area contributed by atoms with Crippen LogP contribution in [-0.4, -0.2) is 70.4 Å². The van der Waals surface area contributed by atoms with Gasteiger partial charge in [0.05, 0.1) is 31.0 Å². The molecule has 2 atom stereocenters. The minimum Gasteiger partial charge on any atom is -0.489 e. The molecule has 1 aromatic heterocycles. The minimum atomic E-state index is -1.01. The van der Waals surface area contributed by atoms with E-state index in [0.29, 0.717) is 41.8 Å². The van der Waals surface area contributed by atoms with Crippen molar-refractivity contribution in [1.29, 1.82) is 0 Å². The van der Waals surface area contributed by atoms with E-state index in [4.69, 9.17) is 21.1 Å². The van der Waals surface area contributed by atoms with E-state index in [1.165, 1.54) is 11.0 Å². The average Bonchev–Trinajstić information content (AvgIpc) is 3.27. The second-order valence-electron chi connectivity index (χ2n) is 8.12. The number of β-amino-alcohol motifs (C(OH)–C–C–N with tert-alkyl or cyclic N) is 2. The molecule has 2 amide bonds. The largest absolute Gasteiger partial charge is 0.489 e. The van der Waals surface area contributed by atoms with Gasteiger partial charge in [0, 0.05) is 47.2 Å². The molecule has 0 saturated carbocycles. The molecule has 0 spiro atoms. The van der Waals surface area contributed by atoms with E-state index >= 15 is 0 Å². The number of aromatic nitrogens is 1. The van der Waals surface area contributed by atoms with Crippen molar-refractivity contribution < 1.29 is 29.3 Å². The summed E-state index contributed by atoms with van der Waals surface area (Å²) in [6.07, 6.45) is -1.38. The number of halogens is 1. The predicted octanol–water partition coefficient (Wildman–Crippen LogP) is 2.41. The second kappa shape index (κ2) is 8.58. The topological polar surface area (TPSA) is 124 Å². The summed E-state index contributed by atoms with van der Waals surface area (Å²) in [6, 6.07) is 10.1. The number of fused-ring (bicyclic) bond motifs is 2. The van der Waals surface area contributed by atoms with Crippen LogP contribution in [0.15, 0.2) is 36.4 Å². The lowest BCUT2D eigenvalue weighted by atomic mass is 10.1. The number of H-pyrrole nitrogens is 1. The number of hydrogen-bond acceptors (Lipinski definition) is 6. The predicted molar refractivity (Wildman–Crippen MR) is 121 cm³/mol. The summed E-state index contributed by atoms with van der Waals surface area (Å²) in [5, 5.41) is 23.9. The summed E-state index contributed by atoms with van der Waals surface area (Å²) in [6.45, 7) is 0.789. The Morgan fingerprint density at radius 1 is 1.06 bits per heavy atom. The summed E-state index contributed by atoms with van der Waals surface area (Å²) in [7, 11) is 0. The number of aliphatic hydroxyl groups excluding tert-OH is 2. The number of ether oxygens (including phenoxy) is 2. The highest BCUT2D eigenvalue weighted by Gasteiger charge is 2.35. The van der Waals surface area contributed by atoms with Crippen LogP contribution in [0, 0.1) is 0 Å². The molecular formula is C23H22ClN3O6. The molecule has 2 aromatic carbocycles. The minimum absolute atomic E-state index is 0.00381. The van der Waals surface area contributed by atoms with Crippen LogP contribution in [0.3, 0.4) is 0 Å². The third-order valence-corrected chi connectivity index (χ3v) is 5.94. The third-order valence-electron chi connectivity index (χ3n) is 5.71. The Morgan fingerprint density at radius 2 is 1.82 bits per heavy atom. The van der Waals surface area contributed by atoms with Gasteiger partial charge in [0.2, 0.25) is 0 Å². The Morgan fingerprint density at radius 3 is 2.61 bits per heavy atom. The van der Waals surface area contributed by atoms with Crippen molar-refractivity contribution in [3.8, 4) is 11.5 Å². The average molecular weight is 472 g/mol. The molecule has 3 aromatic rings. The number of rotatable bonds is 3. The summed E-state index contributed by atoms with van der Waals surface area (Å²) in [5.74, 6) is -0.199. The van der Waals surface area contributed by atoms with Crippen molar-refractivity contribution in [2.75, 3.05) is 31.6 Å². The summed E-state index contributed by atoms with van der Waals surface area (Å²) >= 11 is 6.03. The van der Waals surface area contributed by atoms with Crippen molar-refractivity contribution in [1.82, 2.24) is 9.88 Å². The van der Waals surface area contributed by atoms with Crippen LogP contribution >= 0.6 is 11.6 Å². The van der Waals surface area contributed by atoms with Gasteiger partial charge in [-0.15, -0.1) is 0 Å². The van der Waals surface area contributed by atoms with Crippen LogP contribution in [-0.2, 0) is 0 Å². The summed E-state index contributed by atoms with van der Waals surface area (Å²) < 4.78 is 11.5. The molecule has 5 rings (SSSR count). The van der Waals surface area contributed by atoms with Crippen molar-refractivity contribution in [3.05, 3.63) is 52.7 Å². The number of carbonyl (C=O) groups excluding carboxylic acids is 2. The van der Waals surface area contributed by atoms with E-state index in [-0.39, 0.29) is 24.4 Å². The zero-order valence-electron chi connectivity index (χ0n) is 17.5. The molecule has 33 heavy (non-hydrogen) atoms. The van der Waals surface area contributed by atoms with Crippen LogP contribution in [0.5, 0.6) is 11.5 Å². The quantitative estimate of drug-likeness (QED) is 0.465. The van der Waals surface area contributed by atoms with Crippen molar-refractivity contribution in [2.24, 2.45) is 0 Å². The number of benzene rings is 2. The van der Waals surface area contributed by atoms with Gasteiger partial charge < -0.3 is 34.9 Å². The molecule has 0 radical (unpaired) electrons. The van der Waals surface area contributed by atoms with Gasteiger partial charge in [-0.3, -0.25) is 9.59 Å². The zero-order chi connectivity index (χ0) is 23.1. The Kier molecular flexibility index (Phi) is 5.61. The molecule has 2 aliphatic heterocycles. The molecule has 0 aliphatic carbocycles. The SMILES string of the molecule is O=C(Nc1cc2c(c(C(=O)N3CC(O)C(O)C3)c1)OCCCO2)c1cc2cc(Cl)ccc2[nH]1. The lowest BCUT2D eigenvalue weighted by molar-refractivity contribution is 0.0572. The van der Waals surface area contributed by atoms with Gasteiger partial charge in [-0.25, -0.2) is 0 Å². The molecule has 3 heterocycles. The lowest BCUT2D eigenvalue weighted by Crippen LogP contribution is -2.30. The van der Waals surface area contributed by atoms with Crippen molar-refractivity contribution >= 4 is 40.0 Å². The van der Waals surface area contributed by atoms with Gasteiger partial charge in [0.1, 0.15) is 5.69 Å². The van der Waals surface area contributed by atoms with Crippen molar-refractivity contribution in [2.45, 2.75) is 18.6 Å². The van der Waals surface area contributed by atoms with E-state index in [2.05, 4.69) is 10.3 Å². The molecule has 4 N–H and O–H groups in total. The maximum absolute atomic E-state index is 13.2. The highest BCUT2D eigenvalue weighted by atomic mass is 35.5. The van der Waals surface area contributed by atoms with Crippen molar-refractivity contribution in [3.63, 3.8) is 0 Å². The van der Waals surface area contributed by atoms with Gasteiger partial charge in [0.15, 0.2) is 11.5 Å². The maximum Gasteiger partial charge on any atom is 0.272 e. The molecule has 2 aliphatic rings. The first-order valence-corrected chi connectivity index (χ1v) is 11.0. The fraction of sp³-hybridized carbons (Fsp3) is 0.304. The maximum atomic E-state index is 13.2. The lowest BCUT2D eigenvalue weighted by Gasteiger charge is -2.20. The number of likely N-dealkylation sites (tertiary alicyclic amines) is 1. The Balaban J connectivity index is 1.47. The van der Waals surface area contributed by atoms with Crippen LogP contribution in [0.1, 0.15) is 27.3 Å². The highest BCUT2D eigenvalue weighted by molar-refractivity contribution is 6.31. The third kappa shape index (κ3) is 4.22. The first-order chi connectivity index (χ1) is 15.9. The molecule has 1 fully saturated rings. The normalized spacial score (nSPS) is 20.0. The molecule has 0 bridgehead atoms. The first kappa shape index (κ1) is 21.6. The second-order valence-corrected chi connectivity index (χ2v) is 8.55. The summed E-state index contributed by atoms with van der Waals surface area (Å²) in [4.78, 5) is 30.5. The number of aromatic amines is 1. The number of anilines is 1. The Bertz CT molecular complexity index is 1230. The molecule has 172 valence electrons. The number of nitrogens with one attached hydrogen (secondary N) is 2. The molecule has 9 nitrogen and oxygen atoms in total. The smallest absolute Gasteiger partial charge is 0.272 e. The Labute approximate surface area is 193 Å².